The van der Waals surface area contributed by atoms with E-state index in [9.17, 15) is 4.79 Å². The van der Waals surface area contributed by atoms with Crippen molar-refractivity contribution in [3.05, 3.63) is 0 Å². The van der Waals surface area contributed by atoms with Crippen molar-refractivity contribution >= 4 is 5.78 Å². The normalized spacial score (nSPS) is 28.4. The highest BCUT2D eigenvalue weighted by Gasteiger charge is 2.35. The van der Waals surface area contributed by atoms with Crippen LogP contribution in [0.1, 0.15) is 51.9 Å². The first-order valence-electron chi connectivity index (χ1n) is 6.76. The van der Waals surface area contributed by atoms with Crippen molar-refractivity contribution in [1.29, 1.82) is 0 Å². The highest BCUT2D eigenvalue weighted by molar-refractivity contribution is 5.86. The van der Waals surface area contributed by atoms with Crippen LogP contribution in [0.2, 0.25) is 0 Å². The van der Waals surface area contributed by atoms with Gasteiger partial charge in [-0.1, -0.05) is 19.3 Å². The molecule has 0 aromatic heterocycles. The van der Waals surface area contributed by atoms with Crippen molar-refractivity contribution in [3.63, 3.8) is 0 Å². The van der Waals surface area contributed by atoms with Crippen LogP contribution in [-0.4, -0.2) is 30.0 Å². The Kier molecular flexibility index (Phi) is 4.36. The van der Waals surface area contributed by atoms with Crippen LogP contribution in [-0.2, 0) is 9.63 Å². The van der Waals surface area contributed by atoms with E-state index < -0.39 is 0 Å². The monoisotopic (exact) mass is 225 g/mol. The SMILES string of the molecule is CCON1CCCC1C(=O)C1CCCCC1. The fraction of sp³-hybridized carbons (Fsp3) is 0.923. The molecule has 1 saturated carbocycles. The van der Waals surface area contributed by atoms with Crippen LogP contribution < -0.4 is 0 Å². The van der Waals surface area contributed by atoms with Crippen LogP contribution in [0.3, 0.4) is 0 Å². The molecule has 3 nitrogen and oxygen atoms in total. The summed E-state index contributed by atoms with van der Waals surface area (Å²) in [6.45, 7) is 3.59. The topological polar surface area (TPSA) is 29.5 Å². The van der Waals surface area contributed by atoms with E-state index in [0.29, 0.717) is 18.3 Å². The fourth-order valence-corrected chi connectivity index (χ4v) is 3.00. The summed E-state index contributed by atoms with van der Waals surface area (Å²) in [5.41, 5.74) is 0. The third-order valence-corrected chi connectivity index (χ3v) is 3.83. The minimum Gasteiger partial charge on any atom is -0.299 e. The third kappa shape index (κ3) is 2.64. The molecule has 1 unspecified atom stereocenters. The Hall–Kier alpha value is -0.410. The second-order valence-electron chi connectivity index (χ2n) is 4.95. The molecular weight excluding hydrogens is 202 g/mol. The maximum atomic E-state index is 12.4. The number of hydrogen-bond donors (Lipinski definition) is 0. The summed E-state index contributed by atoms with van der Waals surface area (Å²) in [6, 6.07) is 0.0584. The molecule has 1 heterocycles. The number of rotatable bonds is 4. The van der Waals surface area contributed by atoms with E-state index in [-0.39, 0.29) is 6.04 Å². The second-order valence-corrected chi connectivity index (χ2v) is 4.95. The van der Waals surface area contributed by atoms with Gasteiger partial charge >= 0.3 is 0 Å². The van der Waals surface area contributed by atoms with Crippen LogP contribution in [0.4, 0.5) is 0 Å². The molecule has 1 aliphatic heterocycles. The molecule has 2 aliphatic rings. The van der Waals surface area contributed by atoms with Crippen LogP contribution in [0.25, 0.3) is 0 Å². The molecule has 92 valence electrons. The summed E-state index contributed by atoms with van der Waals surface area (Å²) in [6.07, 6.45) is 8.09. The number of ketones is 1. The zero-order valence-electron chi connectivity index (χ0n) is 10.3. The van der Waals surface area contributed by atoms with Crippen molar-refractivity contribution in [1.82, 2.24) is 5.06 Å². The quantitative estimate of drug-likeness (QED) is 0.736. The summed E-state index contributed by atoms with van der Waals surface area (Å²) in [4.78, 5) is 17.9. The van der Waals surface area contributed by atoms with E-state index in [4.69, 9.17) is 4.84 Å². The minimum absolute atomic E-state index is 0.0584. The zero-order chi connectivity index (χ0) is 11.4. The molecule has 3 heteroatoms. The van der Waals surface area contributed by atoms with Gasteiger partial charge in [-0.2, -0.15) is 5.06 Å². The van der Waals surface area contributed by atoms with Crippen molar-refractivity contribution in [2.24, 2.45) is 5.92 Å². The van der Waals surface area contributed by atoms with Gasteiger partial charge in [0, 0.05) is 12.5 Å². The maximum absolute atomic E-state index is 12.4. The molecule has 0 amide bonds. The second kappa shape index (κ2) is 5.78. The lowest BCUT2D eigenvalue weighted by atomic mass is 9.83. The van der Waals surface area contributed by atoms with Crippen molar-refractivity contribution in [3.8, 4) is 0 Å². The van der Waals surface area contributed by atoms with Crippen molar-refractivity contribution in [2.45, 2.75) is 57.9 Å². The van der Waals surface area contributed by atoms with Gasteiger partial charge in [0.05, 0.1) is 12.6 Å². The number of carbonyl (C=O) groups excluding carboxylic acids is 1. The lowest BCUT2D eigenvalue weighted by Crippen LogP contribution is -2.40. The summed E-state index contributed by atoms with van der Waals surface area (Å²) < 4.78 is 0. The van der Waals surface area contributed by atoms with Gasteiger partial charge in [0.25, 0.3) is 0 Å². The molecule has 1 atom stereocenters. The van der Waals surface area contributed by atoms with E-state index in [2.05, 4.69) is 0 Å². The highest BCUT2D eigenvalue weighted by atomic mass is 16.7. The fourth-order valence-electron chi connectivity index (χ4n) is 3.00. The Morgan fingerprint density at radius 1 is 1.19 bits per heavy atom. The van der Waals surface area contributed by atoms with Crippen LogP contribution in [0, 0.1) is 5.92 Å². The Morgan fingerprint density at radius 2 is 1.94 bits per heavy atom. The molecule has 16 heavy (non-hydrogen) atoms. The standard InChI is InChI=1S/C13H23NO2/c1-2-16-14-10-6-9-12(14)13(15)11-7-4-3-5-8-11/h11-12H,2-10H2,1H3. The van der Waals surface area contributed by atoms with Crippen LogP contribution in [0.5, 0.6) is 0 Å². The molecule has 2 fully saturated rings. The summed E-state index contributed by atoms with van der Waals surface area (Å²) in [7, 11) is 0. The Balaban J connectivity index is 1.91. The molecule has 2 rings (SSSR count). The summed E-state index contributed by atoms with van der Waals surface area (Å²) >= 11 is 0. The van der Waals surface area contributed by atoms with Gasteiger partial charge < -0.3 is 0 Å². The average Bonchev–Trinajstić information content (AvgIpc) is 2.78. The number of nitrogens with zero attached hydrogens (tertiary/aromatic N) is 1. The molecule has 0 bridgehead atoms. The van der Waals surface area contributed by atoms with Gasteiger partial charge in [-0.05, 0) is 32.6 Å². The lowest BCUT2D eigenvalue weighted by molar-refractivity contribution is -0.175. The molecule has 0 spiro atoms. The van der Waals surface area contributed by atoms with E-state index in [0.717, 1.165) is 32.2 Å². The van der Waals surface area contributed by atoms with Gasteiger partial charge in [-0.15, -0.1) is 0 Å². The molecule has 0 aromatic rings. The number of hydrogen-bond acceptors (Lipinski definition) is 3. The lowest BCUT2D eigenvalue weighted by Gasteiger charge is -2.27. The Labute approximate surface area is 98.1 Å². The largest absolute Gasteiger partial charge is 0.299 e. The van der Waals surface area contributed by atoms with Crippen LogP contribution in [0.15, 0.2) is 0 Å². The summed E-state index contributed by atoms with van der Waals surface area (Å²) in [5.74, 6) is 0.769. The molecular formula is C13H23NO2. The predicted octanol–water partition coefficient (Wildman–Crippen LogP) is 2.55. The number of hydroxylamine groups is 2. The van der Waals surface area contributed by atoms with E-state index in [1.807, 2.05) is 12.0 Å². The minimum atomic E-state index is 0.0584. The zero-order valence-corrected chi connectivity index (χ0v) is 10.3. The number of Topliss-reactive ketones (excluding diaryl/α,β-unsaturated/α-hetero) is 1. The maximum Gasteiger partial charge on any atom is 0.155 e. The molecule has 1 saturated heterocycles. The average molecular weight is 225 g/mol. The van der Waals surface area contributed by atoms with Gasteiger partial charge in [-0.25, -0.2) is 0 Å². The molecule has 0 radical (unpaired) electrons. The molecule has 1 aliphatic carbocycles. The van der Waals surface area contributed by atoms with Crippen molar-refractivity contribution < 1.29 is 9.63 Å². The van der Waals surface area contributed by atoms with Gasteiger partial charge in [0.1, 0.15) is 0 Å². The predicted molar refractivity (Wildman–Crippen MR) is 62.9 cm³/mol. The highest BCUT2D eigenvalue weighted by Crippen LogP contribution is 2.29. The van der Waals surface area contributed by atoms with E-state index in [1.165, 1.54) is 19.3 Å². The Bertz CT molecular complexity index is 236. The first-order chi connectivity index (χ1) is 7.83. The van der Waals surface area contributed by atoms with Gasteiger partial charge in [0.15, 0.2) is 5.78 Å². The third-order valence-electron chi connectivity index (χ3n) is 3.83. The first-order valence-corrected chi connectivity index (χ1v) is 6.76. The van der Waals surface area contributed by atoms with Gasteiger partial charge in [0.2, 0.25) is 0 Å². The molecule has 0 aromatic carbocycles. The van der Waals surface area contributed by atoms with Crippen molar-refractivity contribution in [2.75, 3.05) is 13.2 Å². The first kappa shape index (κ1) is 12.1. The number of carbonyl (C=O) groups is 1. The van der Waals surface area contributed by atoms with E-state index >= 15 is 0 Å². The molecule has 0 N–H and O–H groups in total. The van der Waals surface area contributed by atoms with Crippen LogP contribution >= 0.6 is 0 Å². The Morgan fingerprint density at radius 3 is 2.62 bits per heavy atom. The van der Waals surface area contributed by atoms with E-state index in [1.54, 1.807) is 0 Å². The smallest absolute Gasteiger partial charge is 0.155 e. The van der Waals surface area contributed by atoms with Gasteiger partial charge in [-0.3, -0.25) is 9.63 Å². The summed E-state index contributed by atoms with van der Waals surface area (Å²) in [5, 5.41) is 1.93.